The molecular weight excluding hydrogens is 336 g/mol. The first-order valence-electron chi connectivity index (χ1n) is 9.52. The average molecular weight is 357 g/mol. The fraction of sp³-hybridized carbons (Fsp3) is 0.261. The molecule has 0 aliphatic heterocycles. The number of carbonyl (C=O) groups excluding carboxylic acids is 1. The second-order valence-corrected chi connectivity index (χ2v) is 7.45. The molecule has 1 radical (unpaired) electrons. The Hall–Kier alpha value is -3.01. The summed E-state index contributed by atoms with van der Waals surface area (Å²) in [5.41, 5.74) is 9.36. The Morgan fingerprint density at radius 1 is 1.19 bits per heavy atom. The zero-order chi connectivity index (χ0) is 18.4. The van der Waals surface area contributed by atoms with Crippen LogP contribution in [0.15, 0.2) is 53.1 Å². The van der Waals surface area contributed by atoms with Crippen LogP contribution in [0.4, 0.5) is 0 Å². The number of hydrogen-bond donors (Lipinski definition) is 1. The highest BCUT2D eigenvalue weighted by Crippen LogP contribution is 2.36. The van der Waals surface area contributed by atoms with Gasteiger partial charge in [0.15, 0.2) is 0 Å². The van der Waals surface area contributed by atoms with Crippen molar-refractivity contribution in [1.29, 1.82) is 0 Å². The highest BCUT2D eigenvalue weighted by atomic mass is 16.3. The van der Waals surface area contributed by atoms with Gasteiger partial charge in [-0.25, -0.2) is 0 Å². The molecule has 2 aromatic heterocycles. The van der Waals surface area contributed by atoms with E-state index in [1.165, 1.54) is 25.7 Å². The summed E-state index contributed by atoms with van der Waals surface area (Å²) in [6, 6.07) is 17.1. The van der Waals surface area contributed by atoms with E-state index in [0.29, 0.717) is 11.5 Å². The Kier molecular flexibility index (Phi) is 3.78. The molecular formula is C23H21N2O2. The van der Waals surface area contributed by atoms with Crippen LogP contribution in [0.3, 0.4) is 0 Å². The van der Waals surface area contributed by atoms with Crippen LogP contribution < -0.4 is 5.73 Å². The first-order valence-corrected chi connectivity index (χ1v) is 9.52. The van der Waals surface area contributed by atoms with E-state index in [1.54, 1.807) is 12.3 Å². The Bertz CT molecular complexity index is 1130. The molecule has 0 unspecified atom stereocenters. The van der Waals surface area contributed by atoms with Gasteiger partial charge in [0.2, 0.25) is 5.91 Å². The molecule has 4 nitrogen and oxygen atoms in total. The summed E-state index contributed by atoms with van der Waals surface area (Å²) in [6.07, 6.45) is 6.81. The number of amides is 1. The molecule has 1 saturated carbocycles. The predicted octanol–water partition coefficient (Wildman–Crippen LogP) is 5.14. The molecule has 1 fully saturated rings. The van der Waals surface area contributed by atoms with Crippen molar-refractivity contribution in [1.82, 2.24) is 4.57 Å². The van der Waals surface area contributed by atoms with E-state index < -0.39 is 5.91 Å². The van der Waals surface area contributed by atoms with E-state index in [1.807, 2.05) is 24.3 Å². The van der Waals surface area contributed by atoms with Crippen molar-refractivity contribution in [2.45, 2.75) is 32.2 Å². The van der Waals surface area contributed by atoms with Crippen LogP contribution in [0.25, 0.3) is 33.1 Å². The molecule has 2 heterocycles. The van der Waals surface area contributed by atoms with Gasteiger partial charge in [-0.3, -0.25) is 4.79 Å². The predicted molar refractivity (Wildman–Crippen MR) is 106 cm³/mol. The van der Waals surface area contributed by atoms with Crippen LogP contribution in [0.1, 0.15) is 36.0 Å². The molecule has 4 aromatic rings. The summed E-state index contributed by atoms with van der Waals surface area (Å²) >= 11 is 0. The lowest BCUT2D eigenvalue weighted by Gasteiger charge is -2.13. The largest absolute Gasteiger partial charge is 0.464 e. The van der Waals surface area contributed by atoms with E-state index in [0.717, 1.165) is 39.7 Å². The fourth-order valence-electron chi connectivity index (χ4n) is 4.49. The number of hydrogen-bond acceptors (Lipinski definition) is 2. The first kappa shape index (κ1) is 16.2. The van der Waals surface area contributed by atoms with E-state index in [4.69, 9.17) is 10.2 Å². The zero-order valence-corrected chi connectivity index (χ0v) is 15.1. The van der Waals surface area contributed by atoms with Crippen molar-refractivity contribution in [3.63, 3.8) is 0 Å². The van der Waals surface area contributed by atoms with Crippen molar-refractivity contribution < 1.29 is 9.21 Å². The lowest BCUT2D eigenvalue weighted by Crippen LogP contribution is -2.11. The number of rotatable bonds is 4. The van der Waals surface area contributed by atoms with Crippen LogP contribution in [-0.4, -0.2) is 10.5 Å². The Balaban J connectivity index is 1.79. The maximum absolute atomic E-state index is 12.1. The molecule has 0 atom stereocenters. The quantitative estimate of drug-likeness (QED) is 0.549. The van der Waals surface area contributed by atoms with Crippen LogP contribution in [0.5, 0.6) is 0 Å². The lowest BCUT2D eigenvalue weighted by atomic mass is 10.0. The second kappa shape index (κ2) is 6.31. The highest BCUT2D eigenvalue weighted by Gasteiger charge is 2.21. The Labute approximate surface area is 157 Å². The van der Waals surface area contributed by atoms with Crippen molar-refractivity contribution in [2.24, 2.45) is 11.7 Å². The fourth-order valence-corrected chi connectivity index (χ4v) is 4.49. The average Bonchev–Trinajstić information content (AvgIpc) is 3.43. The number of primary amides is 1. The maximum atomic E-state index is 12.1. The van der Waals surface area contributed by atoms with E-state index in [9.17, 15) is 4.79 Å². The summed E-state index contributed by atoms with van der Waals surface area (Å²) < 4.78 is 7.92. The van der Waals surface area contributed by atoms with Gasteiger partial charge in [-0.15, -0.1) is 0 Å². The van der Waals surface area contributed by atoms with Crippen molar-refractivity contribution >= 4 is 27.7 Å². The molecule has 5 rings (SSSR count). The van der Waals surface area contributed by atoms with Gasteiger partial charge in [0.25, 0.3) is 0 Å². The van der Waals surface area contributed by atoms with Crippen LogP contribution in [0, 0.1) is 12.0 Å². The van der Waals surface area contributed by atoms with E-state index >= 15 is 0 Å². The molecule has 135 valence electrons. The van der Waals surface area contributed by atoms with E-state index in [-0.39, 0.29) is 0 Å². The number of nitrogens with zero attached hydrogens (tertiary/aromatic N) is 1. The number of carbonyl (C=O) groups is 1. The molecule has 2 N–H and O–H groups in total. The molecule has 1 aliphatic carbocycles. The SMILES string of the molecule is NC(=O)c1cccc2c1c1[c]cc(-c3ccco3)cc1n2CC1CCCC1. The van der Waals surface area contributed by atoms with Crippen LogP contribution in [-0.2, 0) is 6.54 Å². The monoisotopic (exact) mass is 357 g/mol. The highest BCUT2D eigenvalue weighted by molar-refractivity contribution is 6.18. The summed E-state index contributed by atoms with van der Waals surface area (Å²) in [6.45, 7) is 0.956. The van der Waals surface area contributed by atoms with Crippen LogP contribution in [0.2, 0.25) is 0 Å². The maximum Gasteiger partial charge on any atom is 0.249 e. The van der Waals surface area contributed by atoms with Gasteiger partial charge < -0.3 is 14.7 Å². The molecule has 27 heavy (non-hydrogen) atoms. The summed E-state index contributed by atoms with van der Waals surface area (Å²) in [7, 11) is 0. The molecule has 0 saturated heterocycles. The Morgan fingerprint density at radius 3 is 2.78 bits per heavy atom. The molecule has 2 aromatic carbocycles. The van der Waals surface area contributed by atoms with Gasteiger partial charge in [-0.05, 0) is 61.2 Å². The smallest absolute Gasteiger partial charge is 0.249 e. The third-order valence-corrected chi connectivity index (χ3v) is 5.78. The van der Waals surface area contributed by atoms with Crippen molar-refractivity contribution in [3.8, 4) is 11.3 Å². The number of furan rings is 1. The topological polar surface area (TPSA) is 61.2 Å². The second-order valence-electron chi connectivity index (χ2n) is 7.45. The minimum Gasteiger partial charge on any atom is -0.464 e. The van der Waals surface area contributed by atoms with Gasteiger partial charge in [-0.2, -0.15) is 0 Å². The summed E-state index contributed by atoms with van der Waals surface area (Å²) in [5.74, 6) is 1.10. The van der Waals surface area contributed by atoms with Crippen molar-refractivity contribution in [3.05, 3.63) is 60.4 Å². The zero-order valence-electron chi connectivity index (χ0n) is 15.1. The molecule has 1 aliphatic rings. The number of nitrogens with two attached hydrogens (primary N) is 1. The molecule has 0 spiro atoms. The summed E-state index contributed by atoms with van der Waals surface area (Å²) in [4.78, 5) is 12.1. The number of aromatic nitrogens is 1. The summed E-state index contributed by atoms with van der Waals surface area (Å²) in [5, 5.41) is 1.86. The van der Waals surface area contributed by atoms with Gasteiger partial charge in [0, 0.05) is 34.0 Å². The number of fused-ring (bicyclic) bond motifs is 3. The third-order valence-electron chi connectivity index (χ3n) is 5.78. The third kappa shape index (κ3) is 2.64. The Morgan fingerprint density at radius 2 is 2.04 bits per heavy atom. The van der Waals surface area contributed by atoms with Gasteiger partial charge in [0.05, 0.1) is 11.8 Å². The first-order chi connectivity index (χ1) is 13.2. The van der Waals surface area contributed by atoms with Crippen LogP contribution >= 0.6 is 0 Å². The molecule has 4 heteroatoms. The normalized spacial score (nSPS) is 15.1. The van der Waals surface area contributed by atoms with Crippen molar-refractivity contribution in [2.75, 3.05) is 0 Å². The lowest BCUT2D eigenvalue weighted by molar-refractivity contribution is 0.100. The minimum absolute atomic E-state index is 0.399. The minimum atomic E-state index is -0.399. The van der Waals surface area contributed by atoms with Gasteiger partial charge >= 0.3 is 0 Å². The molecule has 0 bridgehead atoms. The van der Waals surface area contributed by atoms with Gasteiger partial charge in [0.1, 0.15) is 5.76 Å². The molecule has 1 amide bonds. The number of benzene rings is 2. The van der Waals surface area contributed by atoms with E-state index in [2.05, 4.69) is 22.8 Å². The standard InChI is InChI=1S/C23H21N2O2/c24-23(26)18-7-3-8-19-22(18)17-11-10-16(21-9-4-12-27-21)13-20(17)25(19)14-15-5-1-2-6-15/h3-4,7-10,12-13,15H,1-2,5-6,14H2,(H2,24,26). The van der Waals surface area contributed by atoms with Gasteiger partial charge in [-0.1, -0.05) is 18.9 Å².